The van der Waals surface area contributed by atoms with Crippen molar-refractivity contribution in [2.75, 3.05) is 6.54 Å². The van der Waals surface area contributed by atoms with E-state index in [2.05, 4.69) is 4.98 Å². The second-order valence-electron chi connectivity index (χ2n) is 8.05. The Morgan fingerprint density at radius 3 is 2.61 bits per heavy atom. The maximum absolute atomic E-state index is 13.1. The lowest BCUT2D eigenvalue weighted by atomic mass is 9.97. The molecule has 4 rings (SSSR count). The van der Waals surface area contributed by atoms with Crippen LogP contribution in [0.3, 0.4) is 0 Å². The van der Waals surface area contributed by atoms with Gasteiger partial charge in [0, 0.05) is 30.6 Å². The number of carboxylic acid groups (broad SMARTS) is 1. The highest BCUT2D eigenvalue weighted by atomic mass is 16.4. The lowest BCUT2D eigenvalue weighted by Gasteiger charge is -2.35. The lowest BCUT2D eigenvalue weighted by Crippen LogP contribution is -2.44. The molecule has 2 heterocycles. The second-order valence-corrected chi connectivity index (χ2v) is 8.05. The van der Waals surface area contributed by atoms with E-state index in [1.54, 1.807) is 12.1 Å². The SMILES string of the molecule is O=C(O)CCC1CCCCN1C(=O)c1ccc2c(c1)[nH]c(=O)n2C1CCCC1. The zero-order valence-electron chi connectivity index (χ0n) is 16.0. The van der Waals surface area contributed by atoms with E-state index in [4.69, 9.17) is 5.11 Å². The fraction of sp³-hybridized carbons (Fsp3) is 0.571. The molecule has 0 spiro atoms. The molecule has 0 bridgehead atoms. The van der Waals surface area contributed by atoms with Gasteiger partial charge in [-0.3, -0.25) is 14.2 Å². The van der Waals surface area contributed by atoms with Crippen LogP contribution in [0.2, 0.25) is 0 Å². The van der Waals surface area contributed by atoms with Crippen LogP contribution in [-0.4, -0.2) is 44.0 Å². The molecule has 1 aliphatic carbocycles. The third-order valence-corrected chi connectivity index (χ3v) is 6.23. The molecule has 2 aliphatic rings. The average molecular weight is 385 g/mol. The summed E-state index contributed by atoms with van der Waals surface area (Å²) in [7, 11) is 0. The van der Waals surface area contributed by atoms with E-state index in [0.717, 1.165) is 50.5 Å². The Morgan fingerprint density at radius 1 is 1.11 bits per heavy atom. The van der Waals surface area contributed by atoms with Crippen LogP contribution in [-0.2, 0) is 4.79 Å². The standard InChI is InChI=1S/C21H27N3O4/c25-19(26)11-9-15-5-3-4-12-23(15)20(27)14-8-10-18-17(13-14)22-21(28)24(18)16-6-1-2-7-16/h8,10,13,15-16H,1-7,9,11-12H2,(H,22,28)(H,25,26). The fourth-order valence-corrected chi connectivity index (χ4v) is 4.81. The Labute approximate surface area is 163 Å². The van der Waals surface area contributed by atoms with Gasteiger partial charge in [0.05, 0.1) is 11.0 Å². The van der Waals surface area contributed by atoms with Crippen LogP contribution in [0, 0.1) is 0 Å². The molecular weight excluding hydrogens is 358 g/mol. The van der Waals surface area contributed by atoms with Gasteiger partial charge in [-0.1, -0.05) is 12.8 Å². The van der Waals surface area contributed by atoms with Crippen LogP contribution in [0.1, 0.15) is 74.2 Å². The molecule has 2 aromatic rings. The topological polar surface area (TPSA) is 95.4 Å². The molecule has 28 heavy (non-hydrogen) atoms. The predicted molar refractivity (Wildman–Crippen MR) is 106 cm³/mol. The van der Waals surface area contributed by atoms with Crippen molar-refractivity contribution in [3.63, 3.8) is 0 Å². The lowest BCUT2D eigenvalue weighted by molar-refractivity contribution is -0.137. The molecule has 1 aromatic heterocycles. The van der Waals surface area contributed by atoms with E-state index in [0.29, 0.717) is 24.0 Å². The van der Waals surface area contributed by atoms with E-state index in [9.17, 15) is 14.4 Å². The van der Waals surface area contributed by atoms with E-state index in [1.165, 1.54) is 0 Å². The highest BCUT2D eigenvalue weighted by Gasteiger charge is 2.28. The summed E-state index contributed by atoms with van der Waals surface area (Å²) in [6.07, 6.45) is 7.69. The number of aromatic nitrogens is 2. The summed E-state index contributed by atoms with van der Waals surface area (Å²) >= 11 is 0. The zero-order valence-corrected chi connectivity index (χ0v) is 16.0. The van der Waals surface area contributed by atoms with Crippen molar-refractivity contribution in [3.05, 3.63) is 34.2 Å². The number of aliphatic carboxylic acids is 1. The number of piperidine rings is 1. The highest BCUT2D eigenvalue weighted by Crippen LogP contribution is 2.31. The molecule has 150 valence electrons. The summed E-state index contributed by atoms with van der Waals surface area (Å²) in [6, 6.07) is 5.65. The van der Waals surface area contributed by atoms with E-state index < -0.39 is 5.97 Å². The minimum Gasteiger partial charge on any atom is -0.481 e. The first kappa shape index (κ1) is 18.8. The summed E-state index contributed by atoms with van der Waals surface area (Å²) in [5.74, 6) is -0.906. The molecule has 1 unspecified atom stereocenters. The van der Waals surface area contributed by atoms with Gasteiger partial charge in [0.15, 0.2) is 0 Å². The summed E-state index contributed by atoms with van der Waals surface area (Å²) in [5.41, 5.74) is 2.00. The number of H-pyrrole nitrogens is 1. The van der Waals surface area contributed by atoms with Crippen molar-refractivity contribution in [2.24, 2.45) is 0 Å². The maximum Gasteiger partial charge on any atom is 0.326 e. The number of nitrogens with zero attached hydrogens (tertiary/aromatic N) is 2. The fourth-order valence-electron chi connectivity index (χ4n) is 4.81. The van der Waals surface area contributed by atoms with Crippen LogP contribution in [0.15, 0.2) is 23.0 Å². The Balaban J connectivity index is 1.60. The number of imidazole rings is 1. The summed E-state index contributed by atoms with van der Waals surface area (Å²) in [5, 5.41) is 8.98. The molecular formula is C21H27N3O4. The van der Waals surface area contributed by atoms with Crippen LogP contribution < -0.4 is 5.69 Å². The highest BCUT2D eigenvalue weighted by molar-refractivity contribution is 5.97. The summed E-state index contributed by atoms with van der Waals surface area (Å²) < 4.78 is 1.84. The van der Waals surface area contributed by atoms with Gasteiger partial charge in [-0.05, 0) is 56.7 Å². The molecule has 1 aliphatic heterocycles. The maximum atomic E-state index is 13.1. The third kappa shape index (κ3) is 3.57. The smallest absolute Gasteiger partial charge is 0.326 e. The first-order chi connectivity index (χ1) is 13.5. The van der Waals surface area contributed by atoms with Gasteiger partial charge in [-0.15, -0.1) is 0 Å². The molecule has 1 amide bonds. The molecule has 1 saturated carbocycles. The number of hydrogen-bond acceptors (Lipinski definition) is 3. The van der Waals surface area contributed by atoms with Crippen molar-refractivity contribution in [1.29, 1.82) is 0 Å². The molecule has 7 nitrogen and oxygen atoms in total. The van der Waals surface area contributed by atoms with Gasteiger partial charge in [0.25, 0.3) is 5.91 Å². The number of carbonyl (C=O) groups excluding carboxylic acids is 1. The van der Waals surface area contributed by atoms with Crippen molar-refractivity contribution >= 4 is 22.9 Å². The largest absolute Gasteiger partial charge is 0.481 e. The monoisotopic (exact) mass is 385 g/mol. The Bertz CT molecular complexity index is 939. The van der Waals surface area contributed by atoms with Gasteiger partial charge in [-0.2, -0.15) is 0 Å². The van der Waals surface area contributed by atoms with Gasteiger partial charge >= 0.3 is 11.7 Å². The molecule has 1 saturated heterocycles. The average Bonchev–Trinajstić information content (AvgIpc) is 3.32. The summed E-state index contributed by atoms with van der Waals surface area (Å²) in [6.45, 7) is 0.654. The first-order valence-corrected chi connectivity index (χ1v) is 10.3. The number of amides is 1. The minimum atomic E-state index is -0.829. The number of nitrogens with one attached hydrogen (secondary N) is 1. The number of hydrogen-bond donors (Lipinski definition) is 2. The molecule has 1 atom stereocenters. The van der Waals surface area contributed by atoms with E-state index in [-0.39, 0.29) is 30.1 Å². The molecule has 0 radical (unpaired) electrons. The van der Waals surface area contributed by atoms with E-state index in [1.807, 2.05) is 15.5 Å². The first-order valence-electron chi connectivity index (χ1n) is 10.3. The number of aromatic amines is 1. The number of rotatable bonds is 5. The minimum absolute atomic E-state index is 0.0322. The number of benzene rings is 1. The zero-order chi connectivity index (χ0) is 19.7. The van der Waals surface area contributed by atoms with Crippen molar-refractivity contribution in [2.45, 2.75) is 69.9 Å². The van der Waals surface area contributed by atoms with Gasteiger partial charge in [0.1, 0.15) is 0 Å². The van der Waals surface area contributed by atoms with Gasteiger partial charge < -0.3 is 15.0 Å². The van der Waals surface area contributed by atoms with E-state index >= 15 is 0 Å². The second kappa shape index (κ2) is 7.81. The summed E-state index contributed by atoms with van der Waals surface area (Å²) in [4.78, 5) is 41.3. The van der Waals surface area contributed by atoms with Crippen molar-refractivity contribution in [1.82, 2.24) is 14.5 Å². The molecule has 2 N–H and O–H groups in total. The molecule has 1 aromatic carbocycles. The van der Waals surface area contributed by atoms with Gasteiger partial charge in [-0.25, -0.2) is 4.79 Å². The number of likely N-dealkylation sites (tertiary alicyclic amines) is 1. The quantitative estimate of drug-likeness (QED) is 0.825. The number of fused-ring (bicyclic) bond motifs is 1. The normalized spacial score (nSPS) is 20.7. The number of carbonyl (C=O) groups is 2. The molecule has 2 fully saturated rings. The van der Waals surface area contributed by atoms with Crippen LogP contribution in [0.4, 0.5) is 0 Å². The third-order valence-electron chi connectivity index (χ3n) is 6.23. The van der Waals surface area contributed by atoms with Crippen LogP contribution in [0.25, 0.3) is 11.0 Å². The number of carboxylic acids is 1. The Kier molecular flexibility index (Phi) is 5.24. The Hall–Kier alpha value is -2.57. The predicted octanol–water partition coefficient (Wildman–Crippen LogP) is 3.30. The van der Waals surface area contributed by atoms with Gasteiger partial charge in [0.2, 0.25) is 0 Å². The Morgan fingerprint density at radius 2 is 1.86 bits per heavy atom. The van der Waals surface area contributed by atoms with Crippen LogP contribution in [0.5, 0.6) is 0 Å². The van der Waals surface area contributed by atoms with Crippen LogP contribution >= 0.6 is 0 Å². The van der Waals surface area contributed by atoms with Crippen molar-refractivity contribution in [3.8, 4) is 0 Å². The van der Waals surface area contributed by atoms with Crippen molar-refractivity contribution < 1.29 is 14.7 Å². The molecule has 7 heteroatoms.